The minimum absolute atomic E-state index is 0.0489. The van der Waals surface area contributed by atoms with Gasteiger partial charge < -0.3 is 10.4 Å². The summed E-state index contributed by atoms with van der Waals surface area (Å²) in [5.74, 6) is 0.493. The standard InChI is InChI=1S/C19H21NO2/c21-17-8-9-18-15(12-17)6-7-16(19(18)22)13-20-11-10-14-4-2-1-3-5-14/h1-5,8-9,12,16,20-21H,6-7,10-11,13H2. The molecule has 1 atom stereocenters. The Bertz CT molecular complexity index is 652. The van der Waals surface area contributed by atoms with E-state index in [9.17, 15) is 9.90 Å². The highest BCUT2D eigenvalue weighted by molar-refractivity contribution is 6.00. The zero-order chi connectivity index (χ0) is 15.4. The maximum absolute atomic E-state index is 12.5. The van der Waals surface area contributed by atoms with E-state index >= 15 is 0 Å². The lowest BCUT2D eigenvalue weighted by Gasteiger charge is -2.23. The number of phenolic OH excluding ortho intramolecular Hbond substituents is 1. The van der Waals surface area contributed by atoms with Crippen LogP contribution >= 0.6 is 0 Å². The van der Waals surface area contributed by atoms with Crippen molar-refractivity contribution < 1.29 is 9.90 Å². The second kappa shape index (κ2) is 6.75. The largest absolute Gasteiger partial charge is 0.508 e. The van der Waals surface area contributed by atoms with Gasteiger partial charge in [-0.05, 0) is 55.1 Å². The number of fused-ring (bicyclic) bond motifs is 1. The van der Waals surface area contributed by atoms with Crippen LogP contribution in [0.5, 0.6) is 5.75 Å². The van der Waals surface area contributed by atoms with E-state index in [-0.39, 0.29) is 17.5 Å². The molecule has 0 amide bonds. The quantitative estimate of drug-likeness (QED) is 0.834. The molecule has 1 aliphatic carbocycles. The number of phenols is 1. The molecule has 0 fully saturated rings. The summed E-state index contributed by atoms with van der Waals surface area (Å²) in [6, 6.07) is 15.4. The van der Waals surface area contributed by atoms with Crippen LogP contribution < -0.4 is 5.32 Å². The summed E-state index contributed by atoms with van der Waals surface area (Å²) in [6.07, 6.45) is 2.69. The van der Waals surface area contributed by atoms with Gasteiger partial charge in [-0.25, -0.2) is 0 Å². The molecule has 114 valence electrons. The van der Waals surface area contributed by atoms with Gasteiger partial charge in [0.15, 0.2) is 5.78 Å². The molecule has 3 nitrogen and oxygen atoms in total. The number of hydrogen-bond acceptors (Lipinski definition) is 3. The molecule has 0 spiro atoms. The zero-order valence-electron chi connectivity index (χ0n) is 12.6. The molecule has 2 aromatic rings. The summed E-state index contributed by atoms with van der Waals surface area (Å²) >= 11 is 0. The second-order valence-electron chi connectivity index (χ2n) is 5.88. The Balaban J connectivity index is 1.52. The average molecular weight is 295 g/mol. The predicted octanol–water partition coefficient (Wildman–Crippen LogP) is 2.97. The van der Waals surface area contributed by atoms with Crippen molar-refractivity contribution in [2.45, 2.75) is 19.3 Å². The number of benzene rings is 2. The van der Waals surface area contributed by atoms with Crippen molar-refractivity contribution in [2.24, 2.45) is 5.92 Å². The monoisotopic (exact) mass is 295 g/mol. The maximum Gasteiger partial charge on any atom is 0.167 e. The van der Waals surface area contributed by atoms with Crippen LogP contribution in [0.1, 0.15) is 27.9 Å². The number of aromatic hydroxyl groups is 1. The number of carbonyl (C=O) groups is 1. The highest BCUT2D eigenvalue weighted by Crippen LogP contribution is 2.27. The zero-order valence-corrected chi connectivity index (χ0v) is 12.6. The van der Waals surface area contributed by atoms with Crippen molar-refractivity contribution in [1.29, 1.82) is 0 Å². The Hall–Kier alpha value is -2.13. The Morgan fingerprint density at radius 3 is 2.77 bits per heavy atom. The topological polar surface area (TPSA) is 49.3 Å². The summed E-state index contributed by atoms with van der Waals surface area (Å²) < 4.78 is 0. The molecule has 22 heavy (non-hydrogen) atoms. The average Bonchev–Trinajstić information content (AvgIpc) is 2.54. The Kier molecular flexibility index (Phi) is 4.54. The number of nitrogens with one attached hydrogen (secondary N) is 1. The van der Waals surface area contributed by atoms with Crippen LogP contribution in [0.25, 0.3) is 0 Å². The summed E-state index contributed by atoms with van der Waals surface area (Å²) in [4.78, 5) is 12.5. The van der Waals surface area contributed by atoms with Crippen molar-refractivity contribution >= 4 is 5.78 Å². The lowest BCUT2D eigenvalue weighted by Crippen LogP contribution is -2.33. The molecule has 0 heterocycles. The van der Waals surface area contributed by atoms with E-state index in [1.165, 1.54) is 5.56 Å². The molecule has 3 heteroatoms. The fourth-order valence-electron chi connectivity index (χ4n) is 3.06. The lowest BCUT2D eigenvalue weighted by molar-refractivity contribution is 0.0901. The fraction of sp³-hybridized carbons (Fsp3) is 0.316. The minimum atomic E-state index is 0.0489. The van der Waals surface area contributed by atoms with Gasteiger partial charge >= 0.3 is 0 Å². The normalized spacial score (nSPS) is 17.3. The van der Waals surface area contributed by atoms with E-state index in [0.717, 1.165) is 43.5 Å². The smallest absolute Gasteiger partial charge is 0.167 e. The summed E-state index contributed by atoms with van der Waals surface area (Å²) in [5, 5.41) is 12.9. The van der Waals surface area contributed by atoms with E-state index in [1.54, 1.807) is 18.2 Å². The minimum Gasteiger partial charge on any atom is -0.508 e. The molecular formula is C19H21NO2. The van der Waals surface area contributed by atoms with Crippen molar-refractivity contribution in [3.8, 4) is 5.75 Å². The number of Topliss-reactive ketones (excluding diaryl/α,β-unsaturated/α-hetero) is 1. The molecular weight excluding hydrogens is 274 g/mol. The molecule has 1 aliphatic rings. The fourth-order valence-corrected chi connectivity index (χ4v) is 3.06. The first-order valence-electron chi connectivity index (χ1n) is 7.85. The third kappa shape index (κ3) is 3.37. The van der Waals surface area contributed by atoms with Gasteiger partial charge in [0.2, 0.25) is 0 Å². The molecule has 3 rings (SSSR count). The summed E-state index contributed by atoms with van der Waals surface area (Å²) in [5.41, 5.74) is 3.07. The highest BCUT2D eigenvalue weighted by atomic mass is 16.3. The maximum atomic E-state index is 12.5. The van der Waals surface area contributed by atoms with E-state index in [0.29, 0.717) is 0 Å². The van der Waals surface area contributed by atoms with Crippen molar-refractivity contribution in [3.63, 3.8) is 0 Å². The van der Waals surface area contributed by atoms with E-state index in [4.69, 9.17) is 0 Å². The predicted molar refractivity (Wildman–Crippen MR) is 87.3 cm³/mol. The van der Waals surface area contributed by atoms with Gasteiger partial charge in [-0.3, -0.25) is 4.79 Å². The number of hydrogen-bond donors (Lipinski definition) is 2. The summed E-state index contributed by atoms with van der Waals surface area (Å²) in [7, 11) is 0. The molecule has 0 saturated carbocycles. The van der Waals surface area contributed by atoms with Crippen LogP contribution in [0.15, 0.2) is 48.5 Å². The van der Waals surface area contributed by atoms with Gasteiger partial charge in [0, 0.05) is 18.0 Å². The third-order valence-corrected chi connectivity index (χ3v) is 4.31. The van der Waals surface area contributed by atoms with Crippen LogP contribution in [0.3, 0.4) is 0 Å². The SMILES string of the molecule is O=C1c2ccc(O)cc2CCC1CNCCc1ccccc1. The first-order valence-corrected chi connectivity index (χ1v) is 7.85. The molecule has 0 radical (unpaired) electrons. The van der Waals surface area contributed by atoms with E-state index < -0.39 is 0 Å². The molecule has 1 unspecified atom stereocenters. The van der Waals surface area contributed by atoms with Crippen LogP contribution in [-0.2, 0) is 12.8 Å². The highest BCUT2D eigenvalue weighted by Gasteiger charge is 2.26. The molecule has 0 aromatic heterocycles. The van der Waals surface area contributed by atoms with Crippen LogP contribution in [0, 0.1) is 5.92 Å². The summed E-state index contributed by atoms with van der Waals surface area (Å²) in [6.45, 7) is 1.61. The molecule has 0 aliphatic heterocycles. The van der Waals surface area contributed by atoms with Gasteiger partial charge in [-0.1, -0.05) is 30.3 Å². The second-order valence-corrected chi connectivity index (χ2v) is 5.88. The number of rotatable bonds is 5. The number of ketones is 1. The van der Waals surface area contributed by atoms with E-state index in [1.807, 2.05) is 18.2 Å². The molecule has 2 N–H and O–H groups in total. The molecule has 0 saturated heterocycles. The number of aryl methyl sites for hydroxylation is 1. The van der Waals surface area contributed by atoms with Gasteiger partial charge in [-0.2, -0.15) is 0 Å². The van der Waals surface area contributed by atoms with Gasteiger partial charge in [0.05, 0.1) is 0 Å². The van der Waals surface area contributed by atoms with Gasteiger partial charge in [0.25, 0.3) is 0 Å². The Morgan fingerprint density at radius 2 is 1.95 bits per heavy atom. The first kappa shape index (κ1) is 14.8. The van der Waals surface area contributed by atoms with E-state index in [2.05, 4.69) is 17.4 Å². The van der Waals surface area contributed by atoms with Crippen LogP contribution in [0.2, 0.25) is 0 Å². The lowest BCUT2D eigenvalue weighted by atomic mass is 9.82. The first-order chi connectivity index (χ1) is 10.7. The molecule has 2 aromatic carbocycles. The van der Waals surface area contributed by atoms with Crippen LogP contribution in [-0.4, -0.2) is 24.0 Å². The molecule has 0 bridgehead atoms. The van der Waals surface area contributed by atoms with Crippen molar-refractivity contribution in [2.75, 3.05) is 13.1 Å². The third-order valence-electron chi connectivity index (χ3n) is 4.31. The Labute approximate surface area is 131 Å². The van der Waals surface area contributed by atoms with Gasteiger partial charge in [-0.15, -0.1) is 0 Å². The van der Waals surface area contributed by atoms with Crippen LogP contribution in [0.4, 0.5) is 0 Å². The van der Waals surface area contributed by atoms with Gasteiger partial charge in [0.1, 0.15) is 5.75 Å². The number of carbonyl (C=O) groups excluding carboxylic acids is 1. The Morgan fingerprint density at radius 1 is 1.14 bits per heavy atom. The van der Waals surface area contributed by atoms with Crippen molar-refractivity contribution in [1.82, 2.24) is 5.32 Å². The van der Waals surface area contributed by atoms with Crippen molar-refractivity contribution in [3.05, 3.63) is 65.2 Å².